The van der Waals surface area contributed by atoms with Gasteiger partial charge in [0.25, 0.3) is 0 Å². The Morgan fingerprint density at radius 3 is 2.71 bits per heavy atom. The summed E-state index contributed by atoms with van der Waals surface area (Å²) in [6.07, 6.45) is -3.98. The molecule has 114 valence electrons. The quantitative estimate of drug-likeness (QED) is 0.920. The molecule has 0 aliphatic rings. The molecule has 0 unspecified atom stereocenters. The van der Waals surface area contributed by atoms with Crippen molar-refractivity contribution in [2.75, 3.05) is 7.11 Å². The Morgan fingerprint density at radius 1 is 1.33 bits per heavy atom. The van der Waals surface area contributed by atoms with Crippen LogP contribution in [0.3, 0.4) is 0 Å². The molecule has 0 amide bonds. The van der Waals surface area contributed by atoms with E-state index in [9.17, 15) is 13.2 Å². The van der Waals surface area contributed by atoms with Crippen molar-refractivity contribution in [3.63, 3.8) is 0 Å². The summed E-state index contributed by atoms with van der Waals surface area (Å²) in [6.45, 7) is 0.699. The van der Waals surface area contributed by atoms with E-state index < -0.39 is 11.7 Å². The van der Waals surface area contributed by atoms with Crippen LogP contribution in [-0.2, 0) is 30.5 Å². The second-order valence-corrected chi connectivity index (χ2v) is 5.66. The molecule has 1 aromatic heterocycles. The monoisotopic (exact) mass is 316 g/mol. The third-order valence-corrected chi connectivity index (χ3v) is 4.02. The van der Waals surface area contributed by atoms with Gasteiger partial charge in [-0.15, -0.1) is 11.3 Å². The van der Waals surface area contributed by atoms with Gasteiger partial charge in [-0.1, -0.05) is 18.2 Å². The molecule has 2 rings (SSSR count). The van der Waals surface area contributed by atoms with Crippen LogP contribution in [0.2, 0.25) is 0 Å². The molecule has 3 nitrogen and oxygen atoms in total. The molecule has 2 aromatic rings. The number of aromatic nitrogens is 1. The summed E-state index contributed by atoms with van der Waals surface area (Å²) >= 11 is 1.41. The van der Waals surface area contributed by atoms with E-state index in [0.29, 0.717) is 25.1 Å². The molecule has 0 atom stereocenters. The predicted octanol–water partition coefficient (Wildman–Crippen LogP) is 3.36. The Hall–Kier alpha value is -1.44. The molecular weight excluding hydrogens is 301 g/mol. The first-order valence-corrected chi connectivity index (χ1v) is 7.08. The van der Waals surface area contributed by atoms with E-state index in [4.69, 9.17) is 10.5 Å². The Labute approximate surface area is 124 Å². The summed E-state index contributed by atoms with van der Waals surface area (Å²) in [5, 5.41) is 0.738. The van der Waals surface area contributed by atoms with Gasteiger partial charge in [-0.25, -0.2) is 4.98 Å². The zero-order valence-electron chi connectivity index (χ0n) is 11.4. The molecule has 2 N–H and O–H groups in total. The average Bonchev–Trinajstić information content (AvgIpc) is 2.80. The van der Waals surface area contributed by atoms with Crippen molar-refractivity contribution in [1.29, 1.82) is 0 Å². The fraction of sp³-hybridized carbons (Fsp3) is 0.357. The third kappa shape index (κ3) is 4.03. The summed E-state index contributed by atoms with van der Waals surface area (Å²) < 4.78 is 43.1. The highest BCUT2D eigenvalue weighted by Gasteiger charge is 2.30. The molecule has 0 saturated carbocycles. The second-order valence-electron chi connectivity index (χ2n) is 4.49. The van der Waals surface area contributed by atoms with Gasteiger partial charge in [0.15, 0.2) is 0 Å². The van der Waals surface area contributed by atoms with Crippen molar-refractivity contribution in [1.82, 2.24) is 4.98 Å². The molecule has 0 fully saturated rings. The van der Waals surface area contributed by atoms with Crippen LogP contribution in [0.15, 0.2) is 24.3 Å². The van der Waals surface area contributed by atoms with E-state index in [1.165, 1.54) is 17.4 Å². The van der Waals surface area contributed by atoms with Gasteiger partial charge in [0.1, 0.15) is 0 Å². The zero-order chi connectivity index (χ0) is 15.5. The summed E-state index contributed by atoms with van der Waals surface area (Å²) in [4.78, 5) is 5.29. The number of nitrogens with zero attached hydrogens (tertiary/aromatic N) is 1. The van der Waals surface area contributed by atoms with Crippen LogP contribution in [0.25, 0.3) is 0 Å². The van der Waals surface area contributed by atoms with Crippen LogP contribution in [0.1, 0.15) is 26.7 Å². The van der Waals surface area contributed by atoms with Crippen molar-refractivity contribution in [2.24, 2.45) is 5.73 Å². The Bertz CT molecular complexity index is 611. The van der Waals surface area contributed by atoms with Gasteiger partial charge >= 0.3 is 6.18 Å². The van der Waals surface area contributed by atoms with E-state index in [1.807, 2.05) is 0 Å². The maximum absolute atomic E-state index is 12.7. The van der Waals surface area contributed by atoms with Crippen LogP contribution in [0.5, 0.6) is 0 Å². The largest absolute Gasteiger partial charge is 0.416 e. The number of benzene rings is 1. The van der Waals surface area contributed by atoms with Crippen LogP contribution < -0.4 is 5.73 Å². The highest BCUT2D eigenvalue weighted by atomic mass is 32.1. The molecule has 0 spiro atoms. The van der Waals surface area contributed by atoms with Gasteiger partial charge < -0.3 is 10.5 Å². The fourth-order valence-electron chi connectivity index (χ4n) is 1.95. The number of thiazole rings is 1. The van der Waals surface area contributed by atoms with Gasteiger partial charge in [0.05, 0.1) is 22.9 Å². The molecule has 7 heteroatoms. The molecule has 0 bridgehead atoms. The molecule has 0 aliphatic heterocycles. The van der Waals surface area contributed by atoms with Crippen molar-refractivity contribution < 1.29 is 17.9 Å². The highest BCUT2D eigenvalue weighted by Crippen LogP contribution is 2.30. The molecular formula is C14H15F3N2OS. The van der Waals surface area contributed by atoms with Crippen LogP contribution in [-0.4, -0.2) is 12.1 Å². The van der Waals surface area contributed by atoms with Crippen LogP contribution >= 0.6 is 11.3 Å². The van der Waals surface area contributed by atoms with Crippen molar-refractivity contribution in [2.45, 2.75) is 25.7 Å². The topological polar surface area (TPSA) is 48.1 Å². The number of nitrogens with two attached hydrogens (primary N) is 1. The third-order valence-electron chi connectivity index (χ3n) is 2.90. The van der Waals surface area contributed by atoms with Gasteiger partial charge in [-0.3, -0.25) is 0 Å². The Balaban J connectivity index is 2.22. The van der Waals surface area contributed by atoms with Gasteiger partial charge in [-0.2, -0.15) is 13.2 Å². The lowest BCUT2D eigenvalue weighted by Gasteiger charge is -2.07. The summed E-state index contributed by atoms with van der Waals surface area (Å²) in [5.41, 5.74) is 6.32. The minimum atomic E-state index is -4.33. The molecule has 1 aromatic carbocycles. The SMILES string of the molecule is COCc1nc(Cc2cccc(C(F)(F)F)c2)sc1CN. The van der Waals surface area contributed by atoms with Crippen molar-refractivity contribution >= 4 is 11.3 Å². The molecule has 0 aliphatic carbocycles. The van der Waals surface area contributed by atoms with E-state index in [0.717, 1.165) is 27.7 Å². The van der Waals surface area contributed by atoms with Crippen molar-refractivity contribution in [3.05, 3.63) is 51.0 Å². The number of hydrogen-bond acceptors (Lipinski definition) is 4. The first-order chi connectivity index (χ1) is 9.94. The minimum Gasteiger partial charge on any atom is -0.378 e. The fourth-order valence-corrected chi connectivity index (χ4v) is 2.94. The zero-order valence-corrected chi connectivity index (χ0v) is 12.2. The summed E-state index contributed by atoms with van der Waals surface area (Å²) in [7, 11) is 1.56. The van der Waals surface area contributed by atoms with E-state index in [2.05, 4.69) is 4.98 Å². The molecule has 1 heterocycles. The smallest absolute Gasteiger partial charge is 0.378 e. The highest BCUT2D eigenvalue weighted by molar-refractivity contribution is 7.11. The van der Waals surface area contributed by atoms with E-state index in [1.54, 1.807) is 13.2 Å². The van der Waals surface area contributed by atoms with Gasteiger partial charge in [-0.05, 0) is 11.6 Å². The van der Waals surface area contributed by atoms with Gasteiger partial charge in [0.2, 0.25) is 0 Å². The van der Waals surface area contributed by atoms with E-state index >= 15 is 0 Å². The normalized spacial score (nSPS) is 11.9. The number of methoxy groups -OCH3 is 1. The number of hydrogen-bond donors (Lipinski definition) is 1. The first-order valence-electron chi connectivity index (χ1n) is 6.26. The number of halogens is 3. The summed E-state index contributed by atoms with van der Waals surface area (Å²) in [5.74, 6) is 0. The Kier molecular flexibility index (Phi) is 4.97. The number of alkyl halides is 3. The second kappa shape index (κ2) is 6.55. The average molecular weight is 316 g/mol. The van der Waals surface area contributed by atoms with Crippen LogP contribution in [0, 0.1) is 0 Å². The molecule has 21 heavy (non-hydrogen) atoms. The Morgan fingerprint density at radius 2 is 2.10 bits per heavy atom. The molecule has 0 radical (unpaired) electrons. The maximum Gasteiger partial charge on any atom is 0.416 e. The lowest BCUT2D eigenvalue weighted by molar-refractivity contribution is -0.137. The standard InChI is InChI=1S/C14H15F3N2OS/c1-20-8-11-12(7-18)21-13(19-11)6-9-3-2-4-10(5-9)14(15,16)17/h2-5H,6-8,18H2,1H3. The summed E-state index contributed by atoms with van der Waals surface area (Å²) in [6, 6.07) is 5.28. The predicted molar refractivity (Wildman–Crippen MR) is 75.0 cm³/mol. The van der Waals surface area contributed by atoms with E-state index in [-0.39, 0.29) is 0 Å². The first kappa shape index (κ1) is 15.9. The minimum absolute atomic E-state index is 0.346. The lowest BCUT2D eigenvalue weighted by atomic mass is 10.1. The van der Waals surface area contributed by atoms with Gasteiger partial charge in [0, 0.05) is 25.0 Å². The number of rotatable bonds is 5. The van der Waals surface area contributed by atoms with Crippen LogP contribution in [0.4, 0.5) is 13.2 Å². The maximum atomic E-state index is 12.7. The number of ether oxygens (including phenoxy) is 1. The lowest BCUT2D eigenvalue weighted by Crippen LogP contribution is -2.05. The molecule has 0 saturated heterocycles. The van der Waals surface area contributed by atoms with Crippen molar-refractivity contribution in [3.8, 4) is 0 Å².